The van der Waals surface area contributed by atoms with Gasteiger partial charge in [0, 0.05) is 32.9 Å². The average Bonchev–Trinajstić information content (AvgIpc) is 3.31. The molecule has 4 rings (SSSR count). The first kappa shape index (κ1) is 20.7. The second kappa shape index (κ2) is 9.04. The van der Waals surface area contributed by atoms with E-state index in [4.69, 9.17) is 4.74 Å². The standard InChI is InChI=1S/C24H26N4O3/c1-27-13-14-28(24(30)22-11-12-25-26-22)16-20(23(27)29)15-17-3-5-18(6-4-17)19-7-9-21(31-2)10-8-19/h3-12,20H,13-16H2,1-2H3,(H,25,26)/t20-/m0/s1. The lowest BCUT2D eigenvalue weighted by Crippen LogP contribution is -2.37. The minimum atomic E-state index is -0.286. The van der Waals surface area contributed by atoms with Crippen LogP contribution < -0.4 is 4.74 Å². The topological polar surface area (TPSA) is 78.5 Å². The van der Waals surface area contributed by atoms with Crippen molar-refractivity contribution < 1.29 is 14.3 Å². The highest BCUT2D eigenvalue weighted by atomic mass is 16.5. The number of benzene rings is 2. The molecule has 1 aliphatic rings. The first-order valence-corrected chi connectivity index (χ1v) is 10.3. The number of methoxy groups -OCH3 is 1. The molecule has 1 aromatic heterocycles. The Morgan fingerprint density at radius 3 is 2.35 bits per heavy atom. The molecular weight excluding hydrogens is 392 g/mol. The number of H-pyrrole nitrogens is 1. The van der Waals surface area contributed by atoms with Gasteiger partial charge in [0.15, 0.2) is 0 Å². The van der Waals surface area contributed by atoms with E-state index in [9.17, 15) is 9.59 Å². The minimum Gasteiger partial charge on any atom is -0.497 e. The second-order valence-corrected chi connectivity index (χ2v) is 7.81. The number of hydrogen-bond acceptors (Lipinski definition) is 4. The molecule has 3 aromatic rings. The van der Waals surface area contributed by atoms with Crippen LogP contribution >= 0.6 is 0 Å². The van der Waals surface area contributed by atoms with Crippen LogP contribution in [-0.2, 0) is 11.2 Å². The van der Waals surface area contributed by atoms with Crippen molar-refractivity contribution in [3.8, 4) is 16.9 Å². The van der Waals surface area contributed by atoms with Crippen molar-refractivity contribution in [3.05, 3.63) is 72.1 Å². The van der Waals surface area contributed by atoms with Crippen LogP contribution in [0.15, 0.2) is 60.8 Å². The number of carbonyl (C=O) groups is 2. The number of aromatic nitrogens is 2. The van der Waals surface area contributed by atoms with Crippen molar-refractivity contribution in [2.45, 2.75) is 6.42 Å². The quantitative estimate of drug-likeness (QED) is 0.691. The fourth-order valence-corrected chi connectivity index (χ4v) is 3.91. The second-order valence-electron chi connectivity index (χ2n) is 7.81. The number of aromatic amines is 1. The molecule has 2 amide bonds. The van der Waals surface area contributed by atoms with E-state index in [2.05, 4.69) is 34.5 Å². The van der Waals surface area contributed by atoms with Crippen molar-refractivity contribution in [2.24, 2.45) is 5.92 Å². The van der Waals surface area contributed by atoms with Crippen LogP contribution in [0, 0.1) is 5.92 Å². The van der Waals surface area contributed by atoms with E-state index in [-0.39, 0.29) is 17.7 Å². The number of likely N-dealkylation sites (N-methyl/N-ethyl adjacent to an activating group) is 1. The Balaban J connectivity index is 1.49. The van der Waals surface area contributed by atoms with Crippen molar-refractivity contribution in [3.63, 3.8) is 0 Å². The molecule has 1 N–H and O–H groups in total. The summed E-state index contributed by atoms with van der Waals surface area (Å²) < 4.78 is 5.22. The van der Waals surface area contributed by atoms with Crippen LogP contribution in [0.25, 0.3) is 11.1 Å². The number of amides is 2. The van der Waals surface area contributed by atoms with Crippen LogP contribution in [0.3, 0.4) is 0 Å². The van der Waals surface area contributed by atoms with Crippen molar-refractivity contribution in [1.82, 2.24) is 20.0 Å². The summed E-state index contributed by atoms with van der Waals surface area (Å²) in [6, 6.07) is 17.8. The Labute approximate surface area is 181 Å². The van der Waals surface area contributed by atoms with Gasteiger partial charge in [-0.2, -0.15) is 5.10 Å². The zero-order valence-electron chi connectivity index (χ0n) is 17.7. The highest BCUT2D eigenvalue weighted by molar-refractivity contribution is 5.93. The van der Waals surface area contributed by atoms with E-state index in [0.717, 1.165) is 22.4 Å². The first-order chi connectivity index (χ1) is 15.0. The van der Waals surface area contributed by atoms with E-state index in [1.807, 2.05) is 24.3 Å². The molecule has 2 heterocycles. The van der Waals surface area contributed by atoms with Crippen LogP contribution in [0.5, 0.6) is 5.75 Å². The molecule has 7 heteroatoms. The van der Waals surface area contributed by atoms with E-state index in [0.29, 0.717) is 31.7 Å². The van der Waals surface area contributed by atoms with E-state index in [1.54, 1.807) is 36.2 Å². The summed E-state index contributed by atoms with van der Waals surface area (Å²) in [4.78, 5) is 29.2. The predicted octanol–water partition coefficient (Wildman–Crippen LogP) is 2.86. The number of ether oxygens (including phenoxy) is 1. The van der Waals surface area contributed by atoms with Crippen molar-refractivity contribution >= 4 is 11.8 Å². The summed E-state index contributed by atoms with van der Waals surface area (Å²) in [6.45, 7) is 1.42. The SMILES string of the molecule is COc1ccc(-c2ccc(C[C@H]3CN(C(=O)c4ccn[nH]4)CCN(C)C3=O)cc2)cc1. The molecule has 160 valence electrons. The number of nitrogens with one attached hydrogen (secondary N) is 1. The summed E-state index contributed by atoms with van der Waals surface area (Å²) in [6.07, 6.45) is 2.14. The number of carbonyl (C=O) groups excluding carboxylic acids is 2. The lowest BCUT2D eigenvalue weighted by Gasteiger charge is -2.23. The number of nitrogens with zero attached hydrogens (tertiary/aromatic N) is 3. The van der Waals surface area contributed by atoms with Gasteiger partial charge in [0.2, 0.25) is 5.91 Å². The van der Waals surface area contributed by atoms with Gasteiger partial charge in [0.05, 0.1) is 13.0 Å². The third-order valence-corrected chi connectivity index (χ3v) is 5.75. The lowest BCUT2D eigenvalue weighted by atomic mass is 9.95. The molecule has 7 nitrogen and oxygen atoms in total. The van der Waals surface area contributed by atoms with E-state index >= 15 is 0 Å². The van der Waals surface area contributed by atoms with Gasteiger partial charge >= 0.3 is 0 Å². The summed E-state index contributed by atoms with van der Waals surface area (Å²) in [5, 5.41) is 6.59. The minimum absolute atomic E-state index is 0.0686. The smallest absolute Gasteiger partial charge is 0.271 e. The van der Waals surface area contributed by atoms with Gasteiger partial charge < -0.3 is 14.5 Å². The largest absolute Gasteiger partial charge is 0.497 e. The zero-order valence-corrected chi connectivity index (χ0v) is 17.7. The molecule has 2 aromatic carbocycles. The van der Waals surface area contributed by atoms with Gasteiger partial charge in [0.1, 0.15) is 11.4 Å². The van der Waals surface area contributed by atoms with Crippen molar-refractivity contribution in [2.75, 3.05) is 33.8 Å². The molecule has 0 bridgehead atoms. The molecule has 0 saturated carbocycles. The van der Waals surface area contributed by atoms with Gasteiger partial charge in [-0.15, -0.1) is 0 Å². The third kappa shape index (κ3) is 4.60. The Morgan fingerprint density at radius 1 is 1.06 bits per heavy atom. The summed E-state index contributed by atoms with van der Waals surface area (Å²) in [7, 11) is 3.45. The fourth-order valence-electron chi connectivity index (χ4n) is 3.91. The maximum atomic E-state index is 12.9. The van der Waals surface area contributed by atoms with Gasteiger partial charge in [0.25, 0.3) is 5.91 Å². The van der Waals surface area contributed by atoms with Gasteiger partial charge in [-0.1, -0.05) is 36.4 Å². The molecule has 0 spiro atoms. The average molecular weight is 418 g/mol. The highest BCUT2D eigenvalue weighted by Crippen LogP contribution is 2.24. The van der Waals surface area contributed by atoms with Gasteiger partial charge in [-0.05, 0) is 41.3 Å². The molecule has 0 aliphatic carbocycles. The highest BCUT2D eigenvalue weighted by Gasteiger charge is 2.31. The molecule has 1 fully saturated rings. The number of rotatable bonds is 5. The van der Waals surface area contributed by atoms with E-state index in [1.165, 1.54) is 0 Å². The maximum absolute atomic E-state index is 12.9. The van der Waals surface area contributed by atoms with Crippen LogP contribution in [-0.4, -0.2) is 65.6 Å². The Bertz CT molecular complexity index is 1030. The summed E-state index contributed by atoms with van der Waals surface area (Å²) in [5.41, 5.74) is 3.72. The van der Waals surface area contributed by atoms with Crippen molar-refractivity contribution in [1.29, 1.82) is 0 Å². The fraction of sp³-hybridized carbons (Fsp3) is 0.292. The predicted molar refractivity (Wildman–Crippen MR) is 118 cm³/mol. The Kier molecular flexibility index (Phi) is 6.02. The molecule has 1 atom stereocenters. The molecule has 1 saturated heterocycles. The zero-order chi connectivity index (χ0) is 21.8. The first-order valence-electron chi connectivity index (χ1n) is 10.3. The maximum Gasteiger partial charge on any atom is 0.271 e. The molecule has 31 heavy (non-hydrogen) atoms. The van der Waals surface area contributed by atoms with E-state index < -0.39 is 0 Å². The normalized spacial score (nSPS) is 16.8. The summed E-state index contributed by atoms with van der Waals surface area (Å²) in [5.74, 6) is 0.483. The van der Waals surface area contributed by atoms with Crippen LogP contribution in [0.2, 0.25) is 0 Å². The number of hydrogen-bond donors (Lipinski definition) is 1. The molecule has 0 unspecified atom stereocenters. The third-order valence-electron chi connectivity index (χ3n) is 5.75. The van der Waals surface area contributed by atoms with Gasteiger partial charge in [-0.25, -0.2) is 0 Å². The monoisotopic (exact) mass is 418 g/mol. The van der Waals surface area contributed by atoms with Crippen LogP contribution in [0.1, 0.15) is 16.1 Å². The van der Waals surface area contributed by atoms with Crippen LogP contribution in [0.4, 0.5) is 0 Å². The lowest BCUT2D eigenvalue weighted by molar-refractivity contribution is -0.133. The molecular formula is C24H26N4O3. The van der Waals surface area contributed by atoms with Gasteiger partial charge in [-0.3, -0.25) is 14.7 Å². The summed E-state index contributed by atoms with van der Waals surface area (Å²) >= 11 is 0. The molecule has 0 radical (unpaired) electrons. The Morgan fingerprint density at radius 2 is 1.74 bits per heavy atom. The molecule has 1 aliphatic heterocycles. The Hall–Kier alpha value is -3.61.